The highest BCUT2D eigenvalue weighted by molar-refractivity contribution is 4.82. The highest BCUT2D eigenvalue weighted by Gasteiger charge is 2.30. The summed E-state index contributed by atoms with van der Waals surface area (Å²) in [7, 11) is 0. The molecule has 3 atom stereocenters. The van der Waals surface area contributed by atoms with E-state index in [0.717, 1.165) is 23.7 Å². The van der Waals surface area contributed by atoms with Crippen molar-refractivity contribution in [2.45, 2.75) is 52.4 Å². The maximum absolute atomic E-state index is 3.58. The molecule has 0 amide bonds. The zero-order chi connectivity index (χ0) is 10.7. The number of hydrogen-bond acceptors (Lipinski definition) is 1. The van der Waals surface area contributed by atoms with Gasteiger partial charge in [0.05, 0.1) is 0 Å². The van der Waals surface area contributed by atoms with Gasteiger partial charge in [-0.3, -0.25) is 0 Å². The van der Waals surface area contributed by atoms with Crippen LogP contribution < -0.4 is 5.32 Å². The fourth-order valence-electron chi connectivity index (χ4n) is 3.58. The molecular weight excluding hydrogens is 182 g/mol. The van der Waals surface area contributed by atoms with Crippen LogP contribution in [0.5, 0.6) is 0 Å². The Hall–Kier alpha value is -0.0400. The molecule has 1 heterocycles. The average molecular weight is 209 g/mol. The quantitative estimate of drug-likeness (QED) is 0.734. The number of hydrogen-bond donors (Lipinski definition) is 1. The second kappa shape index (κ2) is 5.34. The summed E-state index contributed by atoms with van der Waals surface area (Å²) in [4.78, 5) is 0. The van der Waals surface area contributed by atoms with Gasteiger partial charge in [0.15, 0.2) is 0 Å². The van der Waals surface area contributed by atoms with Gasteiger partial charge in [-0.1, -0.05) is 33.1 Å². The van der Waals surface area contributed by atoms with Crippen molar-refractivity contribution >= 4 is 0 Å². The monoisotopic (exact) mass is 209 g/mol. The van der Waals surface area contributed by atoms with Gasteiger partial charge in [-0.2, -0.15) is 0 Å². The average Bonchev–Trinajstić information content (AvgIpc) is 2.30. The molecule has 1 heteroatoms. The molecule has 15 heavy (non-hydrogen) atoms. The molecule has 2 rings (SSSR count). The Morgan fingerprint density at radius 3 is 2.47 bits per heavy atom. The fraction of sp³-hybridized carbons (Fsp3) is 1.00. The van der Waals surface area contributed by atoms with Crippen molar-refractivity contribution in [2.24, 2.45) is 23.7 Å². The highest BCUT2D eigenvalue weighted by atomic mass is 14.9. The van der Waals surface area contributed by atoms with Crippen molar-refractivity contribution in [3.8, 4) is 0 Å². The molecule has 3 unspecified atom stereocenters. The first kappa shape index (κ1) is 11.4. The Balaban J connectivity index is 1.85. The predicted octanol–water partition coefficient (Wildman–Crippen LogP) is 3.45. The lowest BCUT2D eigenvalue weighted by atomic mass is 9.70. The Morgan fingerprint density at radius 1 is 1.00 bits per heavy atom. The normalized spacial score (nSPS) is 38.2. The molecule has 1 N–H and O–H groups in total. The summed E-state index contributed by atoms with van der Waals surface area (Å²) in [5.41, 5.74) is 0. The number of piperidine rings is 1. The van der Waals surface area contributed by atoms with E-state index in [9.17, 15) is 0 Å². The van der Waals surface area contributed by atoms with Crippen molar-refractivity contribution in [3.05, 3.63) is 0 Å². The van der Waals surface area contributed by atoms with Crippen LogP contribution >= 0.6 is 0 Å². The minimum atomic E-state index is 0.907. The van der Waals surface area contributed by atoms with E-state index in [0.29, 0.717) is 0 Å². The van der Waals surface area contributed by atoms with Gasteiger partial charge in [0.25, 0.3) is 0 Å². The third-order valence-electron chi connectivity index (χ3n) is 4.70. The van der Waals surface area contributed by atoms with E-state index in [4.69, 9.17) is 0 Å². The molecule has 0 aromatic carbocycles. The van der Waals surface area contributed by atoms with Crippen molar-refractivity contribution in [3.63, 3.8) is 0 Å². The minimum Gasteiger partial charge on any atom is -0.316 e. The molecule has 88 valence electrons. The van der Waals surface area contributed by atoms with E-state index < -0.39 is 0 Å². The standard InChI is InChI=1S/C14H27N/c1-11(2)12-5-3-6-13(9-12)14-7-4-8-15-10-14/h11-15H,3-10H2,1-2H3. The van der Waals surface area contributed by atoms with Crippen LogP contribution in [0, 0.1) is 23.7 Å². The molecule has 2 aliphatic rings. The summed E-state index contributed by atoms with van der Waals surface area (Å²) in [5.74, 6) is 3.97. The smallest absolute Gasteiger partial charge is 0.00179 e. The summed E-state index contributed by atoms with van der Waals surface area (Å²) in [6.45, 7) is 7.38. The highest BCUT2D eigenvalue weighted by Crippen LogP contribution is 2.39. The molecule has 0 spiro atoms. The van der Waals surface area contributed by atoms with Gasteiger partial charge >= 0.3 is 0 Å². The summed E-state index contributed by atoms with van der Waals surface area (Å²) >= 11 is 0. The largest absolute Gasteiger partial charge is 0.316 e. The van der Waals surface area contributed by atoms with Crippen molar-refractivity contribution < 1.29 is 0 Å². The fourth-order valence-corrected chi connectivity index (χ4v) is 3.58. The van der Waals surface area contributed by atoms with Crippen molar-refractivity contribution in [1.29, 1.82) is 0 Å². The van der Waals surface area contributed by atoms with Crippen LogP contribution in [0.25, 0.3) is 0 Å². The van der Waals surface area contributed by atoms with Gasteiger partial charge < -0.3 is 5.32 Å². The molecule has 1 aliphatic carbocycles. The lowest BCUT2D eigenvalue weighted by molar-refractivity contribution is 0.144. The van der Waals surface area contributed by atoms with Crippen LogP contribution in [0.2, 0.25) is 0 Å². The Labute approximate surface area is 95.0 Å². The number of nitrogens with one attached hydrogen (secondary N) is 1. The lowest BCUT2D eigenvalue weighted by Crippen LogP contribution is -2.36. The Kier molecular flexibility index (Phi) is 4.07. The van der Waals surface area contributed by atoms with Crippen LogP contribution in [0.4, 0.5) is 0 Å². The van der Waals surface area contributed by atoms with Crippen molar-refractivity contribution in [1.82, 2.24) is 5.32 Å². The lowest BCUT2D eigenvalue weighted by Gasteiger charge is -2.38. The number of rotatable bonds is 2. The van der Waals surface area contributed by atoms with Gasteiger partial charge in [0.2, 0.25) is 0 Å². The zero-order valence-electron chi connectivity index (χ0n) is 10.5. The maximum atomic E-state index is 3.58. The van der Waals surface area contributed by atoms with Gasteiger partial charge in [0, 0.05) is 0 Å². The molecule has 1 saturated heterocycles. The van der Waals surface area contributed by atoms with Crippen LogP contribution in [-0.4, -0.2) is 13.1 Å². The van der Waals surface area contributed by atoms with Gasteiger partial charge in [-0.25, -0.2) is 0 Å². The zero-order valence-corrected chi connectivity index (χ0v) is 10.5. The summed E-state index contributed by atoms with van der Waals surface area (Å²) < 4.78 is 0. The third kappa shape index (κ3) is 2.96. The topological polar surface area (TPSA) is 12.0 Å². The molecular formula is C14H27N. The van der Waals surface area contributed by atoms with E-state index in [1.54, 1.807) is 0 Å². The minimum absolute atomic E-state index is 0.907. The summed E-state index contributed by atoms with van der Waals surface area (Å²) in [5, 5.41) is 3.58. The van der Waals surface area contributed by atoms with Crippen molar-refractivity contribution in [2.75, 3.05) is 13.1 Å². The predicted molar refractivity (Wildman–Crippen MR) is 65.9 cm³/mol. The Morgan fingerprint density at radius 2 is 1.80 bits per heavy atom. The van der Waals surface area contributed by atoms with Crippen LogP contribution in [0.1, 0.15) is 52.4 Å². The molecule has 0 radical (unpaired) electrons. The van der Waals surface area contributed by atoms with E-state index in [2.05, 4.69) is 19.2 Å². The van der Waals surface area contributed by atoms with E-state index in [1.807, 2.05) is 0 Å². The second-order valence-electron chi connectivity index (χ2n) is 6.04. The first-order valence-corrected chi connectivity index (χ1v) is 6.98. The maximum Gasteiger partial charge on any atom is -0.00179 e. The van der Waals surface area contributed by atoms with E-state index in [-0.39, 0.29) is 0 Å². The molecule has 1 aliphatic heterocycles. The first-order valence-electron chi connectivity index (χ1n) is 6.98. The molecule has 2 fully saturated rings. The van der Waals surface area contributed by atoms with Crippen LogP contribution in [-0.2, 0) is 0 Å². The molecule has 1 saturated carbocycles. The summed E-state index contributed by atoms with van der Waals surface area (Å²) in [6, 6.07) is 0. The van der Waals surface area contributed by atoms with Gasteiger partial charge in [0.1, 0.15) is 0 Å². The third-order valence-corrected chi connectivity index (χ3v) is 4.70. The Bertz CT molecular complexity index is 182. The van der Waals surface area contributed by atoms with E-state index >= 15 is 0 Å². The van der Waals surface area contributed by atoms with Crippen LogP contribution in [0.3, 0.4) is 0 Å². The molecule has 0 bridgehead atoms. The summed E-state index contributed by atoms with van der Waals surface area (Å²) in [6.07, 6.45) is 8.91. The first-order chi connectivity index (χ1) is 7.27. The van der Waals surface area contributed by atoms with Gasteiger partial charge in [-0.15, -0.1) is 0 Å². The van der Waals surface area contributed by atoms with Crippen LogP contribution in [0.15, 0.2) is 0 Å². The molecule has 1 nitrogen and oxygen atoms in total. The van der Waals surface area contributed by atoms with E-state index in [1.165, 1.54) is 51.6 Å². The molecule has 0 aromatic heterocycles. The second-order valence-corrected chi connectivity index (χ2v) is 6.04. The molecule has 0 aromatic rings. The SMILES string of the molecule is CC(C)C1CCCC(C2CCCNC2)C1. The van der Waals surface area contributed by atoms with Gasteiger partial charge in [-0.05, 0) is 56.0 Å².